The van der Waals surface area contributed by atoms with Crippen LogP contribution in [-0.2, 0) is 10.0 Å². The van der Waals surface area contributed by atoms with Crippen molar-refractivity contribution in [3.63, 3.8) is 0 Å². The Kier molecular flexibility index (Phi) is 6.09. The van der Waals surface area contributed by atoms with Gasteiger partial charge in [-0.05, 0) is 32.0 Å². The highest BCUT2D eigenvalue weighted by Crippen LogP contribution is 2.23. The van der Waals surface area contributed by atoms with E-state index in [1.807, 2.05) is 0 Å². The number of nitro groups is 1. The summed E-state index contributed by atoms with van der Waals surface area (Å²) in [7, 11) is -2.16. The lowest BCUT2D eigenvalue weighted by Crippen LogP contribution is -2.43. The molecule has 0 saturated carbocycles. The van der Waals surface area contributed by atoms with Crippen LogP contribution in [0.15, 0.2) is 29.2 Å². The monoisotopic (exact) mass is 335 g/mol. The van der Waals surface area contributed by atoms with Crippen molar-refractivity contribution in [3.8, 4) is 0 Å². The van der Waals surface area contributed by atoms with Crippen LogP contribution < -0.4 is 5.32 Å². The van der Waals surface area contributed by atoms with Crippen molar-refractivity contribution in [2.75, 3.05) is 20.1 Å². The number of sulfonamides is 1. The molecule has 0 atom stereocenters. The molecule has 0 spiro atoms. The fraction of sp³-hybridized carbons (Fsp3) is 0.500. The Hall–Kier alpha value is -1.22. The van der Waals surface area contributed by atoms with E-state index in [1.54, 1.807) is 0 Å². The lowest BCUT2D eigenvalue weighted by molar-refractivity contribution is -0.385. The third-order valence-corrected chi connectivity index (χ3v) is 5.43. The van der Waals surface area contributed by atoms with Crippen LogP contribution in [0, 0.1) is 10.1 Å². The average Bonchev–Trinajstić information content (AvgIpc) is 2.47. The molecule has 0 bridgehead atoms. The second-order valence-corrected chi connectivity index (χ2v) is 6.75. The highest BCUT2D eigenvalue weighted by Gasteiger charge is 2.29. The van der Waals surface area contributed by atoms with E-state index >= 15 is 0 Å². The van der Waals surface area contributed by atoms with Crippen molar-refractivity contribution in [3.05, 3.63) is 34.4 Å². The van der Waals surface area contributed by atoms with Crippen LogP contribution in [0.25, 0.3) is 0 Å². The summed E-state index contributed by atoms with van der Waals surface area (Å²) in [5, 5.41) is 13.9. The van der Waals surface area contributed by atoms with Gasteiger partial charge >= 0.3 is 0 Å². The topological polar surface area (TPSA) is 92.6 Å². The van der Waals surface area contributed by atoms with E-state index in [9.17, 15) is 18.5 Å². The van der Waals surface area contributed by atoms with Crippen LogP contribution in [0.5, 0.6) is 0 Å². The zero-order valence-electron chi connectivity index (χ0n) is 11.6. The molecule has 0 unspecified atom stereocenters. The van der Waals surface area contributed by atoms with Gasteiger partial charge in [-0.1, -0.05) is 6.07 Å². The normalized spacial score (nSPS) is 16.5. The number of halogens is 1. The van der Waals surface area contributed by atoms with Gasteiger partial charge in [-0.25, -0.2) is 8.42 Å². The summed E-state index contributed by atoms with van der Waals surface area (Å²) in [6.45, 7) is 1.55. The summed E-state index contributed by atoms with van der Waals surface area (Å²) < 4.78 is 26.3. The number of non-ortho nitro benzene ring substituents is 1. The molecule has 1 heterocycles. The number of nitro benzene ring substituents is 1. The minimum Gasteiger partial charge on any atom is -0.317 e. The molecule has 1 aliphatic rings. The third-order valence-electron chi connectivity index (χ3n) is 3.53. The molecule has 21 heavy (non-hydrogen) atoms. The first-order chi connectivity index (χ1) is 9.43. The molecule has 1 aromatic rings. The Labute approximate surface area is 129 Å². The Bertz CT molecular complexity index is 602. The average molecular weight is 336 g/mol. The highest BCUT2D eigenvalue weighted by atomic mass is 35.5. The minimum atomic E-state index is -3.69. The number of nitrogens with one attached hydrogen (secondary N) is 1. The Morgan fingerprint density at radius 1 is 1.33 bits per heavy atom. The molecule has 9 heteroatoms. The maximum Gasteiger partial charge on any atom is 0.270 e. The van der Waals surface area contributed by atoms with Gasteiger partial charge in [-0.2, -0.15) is 4.31 Å². The number of hydrogen-bond donors (Lipinski definition) is 1. The molecular weight excluding hydrogens is 318 g/mol. The molecule has 0 aliphatic carbocycles. The summed E-state index contributed by atoms with van der Waals surface area (Å²) in [6.07, 6.45) is 1.48. The van der Waals surface area contributed by atoms with E-state index in [-0.39, 0.29) is 29.0 Å². The van der Waals surface area contributed by atoms with Gasteiger partial charge in [0.2, 0.25) is 10.0 Å². The van der Waals surface area contributed by atoms with Crippen molar-refractivity contribution < 1.29 is 13.3 Å². The van der Waals surface area contributed by atoms with Crippen LogP contribution in [0.4, 0.5) is 5.69 Å². The Morgan fingerprint density at radius 2 is 1.95 bits per heavy atom. The molecule has 1 N–H and O–H groups in total. The maximum atomic E-state index is 12.5. The number of rotatable bonds is 4. The summed E-state index contributed by atoms with van der Waals surface area (Å²) in [6, 6.07) is 5.10. The van der Waals surface area contributed by atoms with Crippen molar-refractivity contribution in [2.24, 2.45) is 0 Å². The molecule has 118 valence electrons. The van der Waals surface area contributed by atoms with E-state index in [2.05, 4.69) is 5.32 Å². The Morgan fingerprint density at radius 3 is 2.52 bits per heavy atom. The predicted molar refractivity (Wildman–Crippen MR) is 81.2 cm³/mol. The summed E-state index contributed by atoms with van der Waals surface area (Å²) in [5.41, 5.74) is -0.218. The zero-order valence-corrected chi connectivity index (χ0v) is 13.2. The van der Waals surface area contributed by atoms with Crippen molar-refractivity contribution in [1.82, 2.24) is 9.62 Å². The second-order valence-electron chi connectivity index (χ2n) is 4.76. The first-order valence-corrected chi connectivity index (χ1v) is 7.80. The Balaban J connectivity index is 0.00000220. The highest BCUT2D eigenvalue weighted by molar-refractivity contribution is 7.89. The molecule has 1 aliphatic heterocycles. The lowest BCUT2D eigenvalue weighted by Gasteiger charge is -2.30. The van der Waals surface area contributed by atoms with Crippen LogP contribution in [0.1, 0.15) is 12.8 Å². The minimum absolute atomic E-state index is 0. The van der Waals surface area contributed by atoms with Gasteiger partial charge < -0.3 is 5.32 Å². The third kappa shape index (κ3) is 3.91. The standard InChI is InChI=1S/C12H17N3O4S.ClH/c1-14(10-5-7-13-8-6-10)20(18,19)12-4-2-3-11(9-12)15(16)17;/h2-4,9-10,13H,5-8H2,1H3;1H. The fourth-order valence-corrected chi connectivity index (χ4v) is 3.75. The molecule has 1 saturated heterocycles. The number of piperidine rings is 1. The summed E-state index contributed by atoms with van der Waals surface area (Å²) in [5.74, 6) is 0. The van der Waals surface area contributed by atoms with E-state index in [4.69, 9.17) is 0 Å². The maximum absolute atomic E-state index is 12.5. The quantitative estimate of drug-likeness (QED) is 0.663. The van der Waals surface area contributed by atoms with Crippen molar-refractivity contribution >= 4 is 28.1 Å². The van der Waals surface area contributed by atoms with Crippen LogP contribution in [0.3, 0.4) is 0 Å². The first kappa shape index (κ1) is 17.8. The zero-order chi connectivity index (χ0) is 14.8. The smallest absolute Gasteiger partial charge is 0.270 e. The van der Waals surface area contributed by atoms with Crippen LogP contribution in [-0.4, -0.2) is 43.8 Å². The van der Waals surface area contributed by atoms with Crippen molar-refractivity contribution in [1.29, 1.82) is 0 Å². The van der Waals surface area contributed by atoms with Crippen LogP contribution in [0.2, 0.25) is 0 Å². The van der Waals surface area contributed by atoms with Crippen molar-refractivity contribution in [2.45, 2.75) is 23.8 Å². The van der Waals surface area contributed by atoms with E-state index in [0.29, 0.717) is 0 Å². The van der Waals surface area contributed by atoms with Gasteiger partial charge in [0.15, 0.2) is 0 Å². The van der Waals surface area contributed by atoms with Gasteiger partial charge in [-0.15, -0.1) is 12.4 Å². The van der Waals surface area contributed by atoms with E-state index in [1.165, 1.54) is 29.6 Å². The SMILES string of the molecule is CN(C1CCNCC1)S(=O)(=O)c1cccc([N+](=O)[O-])c1.Cl. The molecule has 0 amide bonds. The molecule has 7 nitrogen and oxygen atoms in total. The molecular formula is C12H18ClN3O4S. The molecule has 1 fully saturated rings. The summed E-state index contributed by atoms with van der Waals surface area (Å²) >= 11 is 0. The molecule has 0 radical (unpaired) electrons. The summed E-state index contributed by atoms with van der Waals surface area (Å²) in [4.78, 5) is 10.1. The fourth-order valence-electron chi connectivity index (χ4n) is 2.29. The largest absolute Gasteiger partial charge is 0.317 e. The number of hydrogen-bond acceptors (Lipinski definition) is 5. The predicted octanol–water partition coefficient (Wildman–Crippen LogP) is 1.39. The first-order valence-electron chi connectivity index (χ1n) is 6.36. The number of nitrogens with zero attached hydrogens (tertiary/aromatic N) is 2. The van der Waals surface area contributed by atoms with Gasteiger partial charge in [0.1, 0.15) is 0 Å². The van der Waals surface area contributed by atoms with E-state index < -0.39 is 14.9 Å². The van der Waals surface area contributed by atoms with Gasteiger partial charge in [0, 0.05) is 25.2 Å². The lowest BCUT2D eigenvalue weighted by atomic mass is 10.1. The molecule has 1 aromatic carbocycles. The van der Waals surface area contributed by atoms with Gasteiger partial charge in [-0.3, -0.25) is 10.1 Å². The van der Waals surface area contributed by atoms with Gasteiger partial charge in [0.25, 0.3) is 5.69 Å². The molecule has 2 rings (SSSR count). The van der Waals surface area contributed by atoms with Gasteiger partial charge in [0.05, 0.1) is 9.82 Å². The number of benzene rings is 1. The second kappa shape index (κ2) is 7.17. The molecule has 0 aromatic heterocycles. The van der Waals surface area contributed by atoms with E-state index in [0.717, 1.165) is 32.0 Å². The van der Waals surface area contributed by atoms with Crippen LogP contribution >= 0.6 is 12.4 Å².